The normalized spacial score (nSPS) is 12.7. The lowest BCUT2D eigenvalue weighted by Crippen LogP contribution is -2.47. The van der Waals surface area contributed by atoms with Crippen molar-refractivity contribution in [1.82, 2.24) is 20.3 Å². The van der Waals surface area contributed by atoms with E-state index >= 15 is 0 Å². The summed E-state index contributed by atoms with van der Waals surface area (Å²) in [6.45, 7) is 4.73. The minimum atomic E-state index is -0.818. The first-order valence-electron chi connectivity index (χ1n) is 9.01. The highest BCUT2D eigenvalue weighted by molar-refractivity contribution is 6.30. The molecule has 0 bridgehead atoms. The molecule has 1 amide bonds. The Morgan fingerprint density at radius 2 is 2.00 bits per heavy atom. The Balaban J connectivity index is 2.02. The molecule has 1 N–H and O–H groups in total. The third-order valence-corrected chi connectivity index (χ3v) is 4.57. The van der Waals surface area contributed by atoms with Crippen LogP contribution in [0, 0.1) is 12.8 Å². The molecule has 9 nitrogen and oxygen atoms in total. The van der Waals surface area contributed by atoms with Gasteiger partial charge >= 0.3 is 11.9 Å². The standard InChI is InChI=1S/C19H23ClN4O5/c1-5-11(2)16(18(26)28-4)21-15(25)10-29-19(27)17-12(3)22-24(23-17)14-8-6-7-13(20)9-14/h6-9,11,16H,5,10H2,1-4H3,(H,21,25)/t11-,16+/m1/s1. The first-order chi connectivity index (χ1) is 13.8. The summed E-state index contributed by atoms with van der Waals surface area (Å²) in [5, 5.41) is 11.3. The Morgan fingerprint density at radius 1 is 1.28 bits per heavy atom. The number of carbonyl (C=O) groups is 3. The average Bonchev–Trinajstić information content (AvgIpc) is 3.10. The van der Waals surface area contributed by atoms with Gasteiger partial charge in [-0.1, -0.05) is 37.9 Å². The van der Waals surface area contributed by atoms with Crippen LogP contribution in [0.3, 0.4) is 0 Å². The van der Waals surface area contributed by atoms with E-state index in [2.05, 4.69) is 15.5 Å². The molecule has 0 unspecified atom stereocenters. The molecule has 2 atom stereocenters. The van der Waals surface area contributed by atoms with Gasteiger partial charge in [0.15, 0.2) is 12.3 Å². The second kappa shape index (κ2) is 10.0. The number of esters is 2. The maximum atomic E-state index is 12.3. The smallest absolute Gasteiger partial charge is 0.361 e. The van der Waals surface area contributed by atoms with Crippen LogP contribution in [0.5, 0.6) is 0 Å². The van der Waals surface area contributed by atoms with Gasteiger partial charge < -0.3 is 14.8 Å². The van der Waals surface area contributed by atoms with E-state index in [1.165, 1.54) is 11.9 Å². The fraction of sp³-hybridized carbons (Fsp3) is 0.421. The van der Waals surface area contributed by atoms with Crippen molar-refractivity contribution in [2.45, 2.75) is 33.2 Å². The van der Waals surface area contributed by atoms with E-state index in [0.29, 0.717) is 22.8 Å². The van der Waals surface area contributed by atoms with Crippen molar-refractivity contribution in [2.24, 2.45) is 5.92 Å². The molecular weight excluding hydrogens is 400 g/mol. The van der Waals surface area contributed by atoms with Crippen LogP contribution in [-0.2, 0) is 19.1 Å². The molecule has 0 spiro atoms. The minimum Gasteiger partial charge on any atom is -0.467 e. The molecule has 0 aliphatic rings. The Morgan fingerprint density at radius 3 is 2.62 bits per heavy atom. The zero-order valence-electron chi connectivity index (χ0n) is 16.6. The maximum absolute atomic E-state index is 12.3. The van der Waals surface area contributed by atoms with Gasteiger partial charge in [-0.3, -0.25) is 4.79 Å². The van der Waals surface area contributed by atoms with Gasteiger partial charge in [-0.05, 0) is 31.0 Å². The lowest BCUT2D eigenvalue weighted by Gasteiger charge is -2.21. The van der Waals surface area contributed by atoms with Crippen molar-refractivity contribution < 1.29 is 23.9 Å². The molecule has 0 aliphatic heterocycles. The highest BCUT2D eigenvalue weighted by Gasteiger charge is 2.27. The first kappa shape index (κ1) is 22.4. The van der Waals surface area contributed by atoms with Crippen LogP contribution in [0.25, 0.3) is 5.69 Å². The molecule has 1 aromatic carbocycles. The van der Waals surface area contributed by atoms with Crippen LogP contribution < -0.4 is 5.32 Å². The molecule has 10 heteroatoms. The highest BCUT2D eigenvalue weighted by Crippen LogP contribution is 2.15. The van der Waals surface area contributed by atoms with E-state index < -0.39 is 30.5 Å². The SMILES string of the molecule is CC[C@@H](C)[C@H](NC(=O)COC(=O)c1nn(-c2cccc(Cl)c2)nc1C)C(=O)OC. The van der Waals surface area contributed by atoms with Gasteiger partial charge in [0.25, 0.3) is 5.91 Å². The Labute approximate surface area is 173 Å². The van der Waals surface area contributed by atoms with E-state index in [1.54, 1.807) is 31.2 Å². The number of ether oxygens (including phenoxy) is 2. The van der Waals surface area contributed by atoms with Crippen LogP contribution >= 0.6 is 11.6 Å². The fourth-order valence-corrected chi connectivity index (χ4v) is 2.68. The summed E-state index contributed by atoms with van der Waals surface area (Å²) < 4.78 is 9.73. The number of hydrogen-bond donors (Lipinski definition) is 1. The largest absolute Gasteiger partial charge is 0.467 e. The van der Waals surface area contributed by atoms with Gasteiger partial charge in [-0.2, -0.15) is 9.90 Å². The molecule has 0 radical (unpaired) electrons. The van der Waals surface area contributed by atoms with Crippen molar-refractivity contribution in [3.05, 3.63) is 40.7 Å². The lowest BCUT2D eigenvalue weighted by molar-refractivity contribution is -0.147. The molecule has 29 heavy (non-hydrogen) atoms. The van der Waals surface area contributed by atoms with Crippen LogP contribution in [0.2, 0.25) is 5.02 Å². The predicted octanol–water partition coefficient (Wildman–Crippen LogP) is 2.09. The lowest BCUT2D eigenvalue weighted by atomic mass is 9.99. The summed E-state index contributed by atoms with van der Waals surface area (Å²) in [5.41, 5.74) is 0.888. The summed E-state index contributed by atoms with van der Waals surface area (Å²) in [4.78, 5) is 37.5. The number of rotatable bonds is 8. The van der Waals surface area contributed by atoms with E-state index in [1.807, 2.05) is 13.8 Å². The maximum Gasteiger partial charge on any atom is 0.361 e. The molecule has 1 heterocycles. The Hall–Kier alpha value is -2.94. The number of carbonyl (C=O) groups excluding carboxylic acids is 3. The second-order valence-corrected chi connectivity index (χ2v) is 6.87. The number of methoxy groups -OCH3 is 1. The van der Waals surface area contributed by atoms with Gasteiger partial charge in [-0.25, -0.2) is 9.59 Å². The summed E-state index contributed by atoms with van der Waals surface area (Å²) in [6.07, 6.45) is 0.658. The molecule has 156 valence electrons. The summed E-state index contributed by atoms with van der Waals surface area (Å²) in [5.74, 6) is -2.11. The van der Waals surface area contributed by atoms with Crippen LogP contribution in [0.4, 0.5) is 0 Å². The minimum absolute atomic E-state index is 0.0239. The molecule has 1 aromatic heterocycles. The van der Waals surface area contributed by atoms with Gasteiger partial charge in [0.1, 0.15) is 6.04 Å². The Kier molecular flexibility index (Phi) is 7.72. The van der Waals surface area contributed by atoms with E-state index in [-0.39, 0.29) is 11.6 Å². The molecule has 2 rings (SSSR count). The number of aryl methyl sites for hydroxylation is 1. The number of halogens is 1. The van der Waals surface area contributed by atoms with Crippen molar-refractivity contribution in [2.75, 3.05) is 13.7 Å². The van der Waals surface area contributed by atoms with E-state index in [9.17, 15) is 14.4 Å². The van der Waals surface area contributed by atoms with E-state index in [0.717, 1.165) is 0 Å². The monoisotopic (exact) mass is 422 g/mol. The van der Waals surface area contributed by atoms with Crippen LogP contribution in [-0.4, -0.2) is 52.6 Å². The van der Waals surface area contributed by atoms with Crippen LogP contribution in [0.1, 0.15) is 36.5 Å². The molecular formula is C19H23ClN4O5. The number of nitrogens with one attached hydrogen (secondary N) is 1. The zero-order valence-corrected chi connectivity index (χ0v) is 17.4. The molecule has 0 fully saturated rings. The first-order valence-corrected chi connectivity index (χ1v) is 9.38. The summed E-state index contributed by atoms with van der Waals surface area (Å²) >= 11 is 5.96. The molecule has 0 saturated carbocycles. The third-order valence-electron chi connectivity index (χ3n) is 4.33. The predicted molar refractivity (Wildman–Crippen MR) is 105 cm³/mol. The summed E-state index contributed by atoms with van der Waals surface area (Å²) in [7, 11) is 1.25. The van der Waals surface area contributed by atoms with Gasteiger partial charge in [-0.15, -0.1) is 5.10 Å². The third kappa shape index (κ3) is 5.77. The number of aromatic nitrogens is 3. The van der Waals surface area contributed by atoms with Gasteiger partial charge in [0.2, 0.25) is 0 Å². The highest BCUT2D eigenvalue weighted by atomic mass is 35.5. The summed E-state index contributed by atoms with van der Waals surface area (Å²) in [6, 6.07) is 5.99. The number of benzene rings is 1. The van der Waals surface area contributed by atoms with Gasteiger partial charge in [0, 0.05) is 5.02 Å². The quantitative estimate of drug-likeness (QED) is 0.648. The second-order valence-electron chi connectivity index (χ2n) is 6.43. The topological polar surface area (TPSA) is 112 Å². The van der Waals surface area contributed by atoms with Crippen molar-refractivity contribution in [3.8, 4) is 5.69 Å². The van der Waals surface area contributed by atoms with Crippen LogP contribution in [0.15, 0.2) is 24.3 Å². The number of nitrogens with zero attached hydrogens (tertiary/aromatic N) is 3. The molecule has 2 aromatic rings. The van der Waals surface area contributed by atoms with Gasteiger partial charge in [0.05, 0.1) is 18.5 Å². The number of hydrogen-bond acceptors (Lipinski definition) is 7. The fourth-order valence-electron chi connectivity index (χ4n) is 2.49. The number of amides is 1. The molecule has 0 saturated heterocycles. The van der Waals surface area contributed by atoms with Crippen molar-refractivity contribution in [1.29, 1.82) is 0 Å². The zero-order chi connectivity index (χ0) is 21.6. The van der Waals surface area contributed by atoms with E-state index in [4.69, 9.17) is 21.1 Å². The van der Waals surface area contributed by atoms with Crippen molar-refractivity contribution in [3.63, 3.8) is 0 Å². The average molecular weight is 423 g/mol. The van der Waals surface area contributed by atoms with Crippen molar-refractivity contribution >= 4 is 29.4 Å². The molecule has 0 aliphatic carbocycles. The Bertz CT molecular complexity index is 898.